The summed E-state index contributed by atoms with van der Waals surface area (Å²) >= 11 is 0. The maximum Gasteiger partial charge on any atom is 0.0881 e. The van der Waals surface area contributed by atoms with Gasteiger partial charge in [0.05, 0.1) is 25.4 Å². The molecular formula is C10H23NO3. The third-order valence-electron chi connectivity index (χ3n) is 2.28. The van der Waals surface area contributed by atoms with Crippen molar-refractivity contribution in [1.29, 1.82) is 0 Å². The van der Waals surface area contributed by atoms with Gasteiger partial charge in [0.1, 0.15) is 0 Å². The minimum atomic E-state index is -0.939. The Morgan fingerprint density at radius 1 is 0.929 bits per heavy atom. The first kappa shape index (κ1) is 13.8. The Kier molecular flexibility index (Phi) is 5.59. The van der Waals surface area contributed by atoms with Crippen LogP contribution >= 0.6 is 0 Å². The third-order valence-corrected chi connectivity index (χ3v) is 2.28. The topological polar surface area (TPSA) is 72.7 Å². The normalized spacial score (nSPS) is 13.3. The van der Waals surface area contributed by atoms with Crippen molar-refractivity contribution in [3.63, 3.8) is 0 Å². The van der Waals surface area contributed by atoms with E-state index in [0.29, 0.717) is 6.54 Å². The summed E-state index contributed by atoms with van der Waals surface area (Å²) in [7, 11) is 0. The number of aliphatic hydroxyl groups is 3. The Morgan fingerprint density at radius 2 is 1.36 bits per heavy atom. The van der Waals surface area contributed by atoms with E-state index < -0.39 is 5.54 Å². The van der Waals surface area contributed by atoms with E-state index in [9.17, 15) is 0 Å². The molecule has 0 aliphatic carbocycles. The number of nitrogens with one attached hydrogen (secondary N) is 1. The fourth-order valence-corrected chi connectivity index (χ4v) is 1.02. The second kappa shape index (κ2) is 5.66. The zero-order chi connectivity index (χ0) is 11.2. The number of rotatable bonds is 6. The van der Waals surface area contributed by atoms with Gasteiger partial charge in [0.15, 0.2) is 0 Å². The van der Waals surface area contributed by atoms with Gasteiger partial charge in [-0.3, -0.25) is 0 Å². The molecule has 0 bridgehead atoms. The molecule has 4 nitrogen and oxygen atoms in total. The van der Waals surface area contributed by atoms with Gasteiger partial charge in [-0.25, -0.2) is 0 Å². The maximum atomic E-state index is 9.02. The van der Waals surface area contributed by atoms with E-state index in [1.807, 2.05) is 0 Å². The summed E-state index contributed by atoms with van der Waals surface area (Å²) in [6.45, 7) is 6.25. The molecule has 0 aromatic rings. The van der Waals surface area contributed by atoms with Gasteiger partial charge in [0.25, 0.3) is 0 Å². The van der Waals surface area contributed by atoms with Crippen molar-refractivity contribution in [2.45, 2.75) is 32.7 Å². The lowest BCUT2D eigenvalue weighted by Gasteiger charge is -2.30. The molecule has 0 fully saturated rings. The van der Waals surface area contributed by atoms with Gasteiger partial charge in [0.2, 0.25) is 0 Å². The van der Waals surface area contributed by atoms with Gasteiger partial charge in [-0.05, 0) is 18.4 Å². The van der Waals surface area contributed by atoms with Gasteiger partial charge < -0.3 is 20.6 Å². The molecule has 0 radical (unpaired) electrons. The molecule has 0 aromatic heterocycles. The molecule has 0 saturated carbocycles. The fourth-order valence-electron chi connectivity index (χ4n) is 1.02. The zero-order valence-electron chi connectivity index (χ0n) is 9.38. The summed E-state index contributed by atoms with van der Waals surface area (Å²) in [5.74, 6) is 0. The largest absolute Gasteiger partial charge is 0.394 e. The SMILES string of the molecule is CC(C)(C)CCNC(CO)(CO)CO. The van der Waals surface area contributed by atoms with Crippen LogP contribution in [0.3, 0.4) is 0 Å². The first-order chi connectivity index (χ1) is 6.39. The quantitative estimate of drug-likeness (QED) is 0.481. The molecule has 0 amide bonds. The molecule has 4 heteroatoms. The van der Waals surface area contributed by atoms with E-state index in [1.165, 1.54) is 0 Å². The summed E-state index contributed by atoms with van der Waals surface area (Å²) < 4.78 is 0. The predicted octanol–water partition coefficient (Wildman–Crippen LogP) is -0.272. The molecule has 14 heavy (non-hydrogen) atoms. The maximum absolute atomic E-state index is 9.02. The molecular weight excluding hydrogens is 182 g/mol. The van der Waals surface area contributed by atoms with E-state index in [4.69, 9.17) is 15.3 Å². The summed E-state index contributed by atoms with van der Waals surface area (Å²) in [5.41, 5.74) is -0.732. The summed E-state index contributed by atoms with van der Waals surface area (Å²) in [6, 6.07) is 0. The van der Waals surface area contributed by atoms with Crippen LogP contribution in [0.25, 0.3) is 0 Å². The molecule has 4 N–H and O–H groups in total. The van der Waals surface area contributed by atoms with E-state index in [0.717, 1.165) is 6.42 Å². The molecule has 0 spiro atoms. The molecule has 86 valence electrons. The Bertz CT molecular complexity index is 142. The van der Waals surface area contributed by atoms with Gasteiger partial charge in [0, 0.05) is 0 Å². The van der Waals surface area contributed by atoms with E-state index in [1.54, 1.807) is 0 Å². The van der Waals surface area contributed by atoms with Crippen LogP contribution < -0.4 is 5.32 Å². The van der Waals surface area contributed by atoms with Crippen LogP contribution in [-0.4, -0.2) is 47.2 Å². The molecule has 0 aliphatic heterocycles. The lowest BCUT2D eigenvalue weighted by molar-refractivity contribution is 0.0409. The van der Waals surface area contributed by atoms with Crippen LogP contribution in [0.2, 0.25) is 0 Å². The highest BCUT2D eigenvalue weighted by Crippen LogP contribution is 2.17. The standard InChI is InChI=1S/C10H23NO3/c1-9(2,3)4-5-11-10(6-12,7-13)8-14/h11-14H,4-8H2,1-3H3. The van der Waals surface area contributed by atoms with Crippen molar-refractivity contribution in [3.05, 3.63) is 0 Å². The second-order valence-electron chi connectivity index (χ2n) is 4.99. The molecule has 0 atom stereocenters. The highest BCUT2D eigenvalue weighted by atomic mass is 16.3. The Hall–Kier alpha value is -0.160. The van der Waals surface area contributed by atoms with E-state index >= 15 is 0 Å². The minimum Gasteiger partial charge on any atom is -0.394 e. The fraction of sp³-hybridized carbons (Fsp3) is 1.00. The number of aliphatic hydroxyl groups excluding tert-OH is 3. The van der Waals surface area contributed by atoms with Crippen molar-refractivity contribution >= 4 is 0 Å². The van der Waals surface area contributed by atoms with Crippen LogP contribution in [0.4, 0.5) is 0 Å². The summed E-state index contributed by atoms with van der Waals surface area (Å²) in [6.07, 6.45) is 0.925. The van der Waals surface area contributed by atoms with Gasteiger partial charge >= 0.3 is 0 Å². The average Bonchev–Trinajstić information content (AvgIpc) is 2.11. The molecule has 0 heterocycles. The number of hydrogen-bond acceptors (Lipinski definition) is 4. The van der Waals surface area contributed by atoms with Crippen molar-refractivity contribution in [3.8, 4) is 0 Å². The predicted molar refractivity (Wildman–Crippen MR) is 56.1 cm³/mol. The van der Waals surface area contributed by atoms with E-state index in [-0.39, 0.29) is 25.2 Å². The van der Waals surface area contributed by atoms with Crippen LogP contribution in [0.5, 0.6) is 0 Å². The van der Waals surface area contributed by atoms with Crippen LogP contribution in [0, 0.1) is 5.41 Å². The highest BCUT2D eigenvalue weighted by molar-refractivity contribution is 4.86. The van der Waals surface area contributed by atoms with Crippen molar-refractivity contribution in [2.75, 3.05) is 26.4 Å². The highest BCUT2D eigenvalue weighted by Gasteiger charge is 2.27. The first-order valence-electron chi connectivity index (χ1n) is 4.97. The van der Waals surface area contributed by atoms with Crippen molar-refractivity contribution in [1.82, 2.24) is 5.32 Å². The van der Waals surface area contributed by atoms with Crippen LogP contribution in [-0.2, 0) is 0 Å². The summed E-state index contributed by atoms with van der Waals surface area (Å²) in [4.78, 5) is 0. The van der Waals surface area contributed by atoms with Gasteiger partial charge in [-0.2, -0.15) is 0 Å². The number of hydrogen-bond donors (Lipinski definition) is 4. The van der Waals surface area contributed by atoms with Gasteiger partial charge in [-0.15, -0.1) is 0 Å². The molecule has 0 aliphatic rings. The van der Waals surface area contributed by atoms with Crippen LogP contribution in [0.15, 0.2) is 0 Å². The monoisotopic (exact) mass is 205 g/mol. The average molecular weight is 205 g/mol. The van der Waals surface area contributed by atoms with E-state index in [2.05, 4.69) is 26.1 Å². The lowest BCUT2D eigenvalue weighted by atomic mass is 9.91. The lowest BCUT2D eigenvalue weighted by Crippen LogP contribution is -2.55. The Balaban J connectivity index is 3.95. The third kappa shape index (κ3) is 4.91. The molecule has 0 rings (SSSR count). The first-order valence-corrected chi connectivity index (χ1v) is 4.97. The van der Waals surface area contributed by atoms with Crippen molar-refractivity contribution in [2.24, 2.45) is 5.41 Å². The Labute approximate surface area is 86.0 Å². The molecule has 0 aromatic carbocycles. The van der Waals surface area contributed by atoms with Crippen molar-refractivity contribution < 1.29 is 15.3 Å². The second-order valence-corrected chi connectivity index (χ2v) is 4.99. The van der Waals surface area contributed by atoms with Gasteiger partial charge in [-0.1, -0.05) is 20.8 Å². The molecule has 0 saturated heterocycles. The minimum absolute atomic E-state index is 0.207. The smallest absolute Gasteiger partial charge is 0.0881 e. The Morgan fingerprint density at radius 3 is 1.64 bits per heavy atom. The zero-order valence-corrected chi connectivity index (χ0v) is 9.38. The van der Waals surface area contributed by atoms with Crippen LogP contribution in [0.1, 0.15) is 27.2 Å². The molecule has 0 unspecified atom stereocenters. The summed E-state index contributed by atoms with van der Waals surface area (Å²) in [5, 5.41) is 30.1.